The van der Waals surface area contributed by atoms with Crippen molar-refractivity contribution in [1.82, 2.24) is 0 Å². The summed E-state index contributed by atoms with van der Waals surface area (Å²) in [5.41, 5.74) is 0.472. The summed E-state index contributed by atoms with van der Waals surface area (Å²) in [5, 5.41) is 17.5. The number of hydrogen-bond acceptors (Lipinski definition) is 3. The number of aliphatic hydroxyl groups excluding tert-OH is 1. The molecule has 0 fully saturated rings. The smallest absolute Gasteiger partial charge is 0.416 e. The van der Waals surface area contributed by atoms with Crippen LogP contribution in [0.3, 0.4) is 0 Å². The molecule has 99 valence electrons. The van der Waals surface area contributed by atoms with Crippen LogP contribution in [0.5, 0.6) is 0 Å². The number of allylic oxidation sites excluding steroid dienone is 3. The zero-order valence-electron chi connectivity index (χ0n) is 10.5. The maximum absolute atomic E-state index is 12.6. The Morgan fingerprint density at radius 2 is 2.00 bits per heavy atom. The Balaban J connectivity index is 0.00000200. The predicted octanol–water partition coefficient (Wildman–Crippen LogP) is 2.55. The minimum atomic E-state index is -4.45. The Morgan fingerprint density at radius 3 is 2.55 bits per heavy atom. The molecule has 0 heterocycles. The van der Waals surface area contributed by atoms with Crippen LogP contribution < -0.4 is 0 Å². The van der Waals surface area contributed by atoms with Crippen LogP contribution in [0.25, 0.3) is 11.1 Å². The number of alkyl halides is 3. The molecular weight excluding hydrogens is 282 g/mol. The van der Waals surface area contributed by atoms with E-state index in [-0.39, 0.29) is 40.7 Å². The SMILES string of the molecule is N#CC1=CC(=COCO)c2cc(C(F)(F)F)ccc21.[Na]. The number of nitrogens with zero attached hydrogens (tertiary/aromatic N) is 1. The van der Waals surface area contributed by atoms with E-state index in [2.05, 4.69) is 4.74 Å². The van der Waals surface area contributed by atoms with Gasteiger partial charge in [-0.15, -0.1) is 0 Å². The van der Waals surface area contributed by atoms with Crippen molar-refractivity contribution >= 4 is 40.7 Å². The molecular formula is C13H8F3NNaO2. The van der Waals surface area contributed by atoms with E-state index in [1.165, 1.54) is 12.1 Å². The van der Waals surface area contributed by atoms with Gasteiger partial charge in [0.1, 0.15) is 0 Å². The summed E-state index contributed by atoms with van der Waals surface area (Å²) < 4.78 is 42.6. The van der Waals surface area contributed by atoms with Gasteiger partial charge in [-0.3, -0.25) is 0 Å². The van der Waals surface area contributed by atoms with Crippen molar-refractivity contribution in [1.29, 1.82) is 5.26 Å². The molecule has 0 unspecified atom stereocenters. The minimum Gasteiger partial charge on any atom is -0.475 e. The van der Waals surface area contributed by atoms with E-state index in [9.17, 15) is 13.2 Å². The fraction of sp³-hybridized carbons (Fsp3) is 0.154. The monoisotopic (exact) mass is 290 g/mol. The number of aliphatic hydroxyl groups is 1. The summed E-state index contributed by atoms with van der Waals surface area (Å²) in [6.45, 7) is -0.590. The van der Waals surface area contributed by atoms with Gasteiger partial charge >= 0.3 is 6.18 Å². The molecule has 1 radical (unpaired) electrons. The number of hydrogen-bond donors (Lipinski definition) is 1. The second kappa shape index (κ2) is 6.46. The quantitative estimate of drug-likeness (QED) is 0.517. The Labute approximate surface area is 135 Å². The second-order valence-corrected chi connectivity index (χ2v) is 3.80. The molecule has 0 aromatic heterocycles. The molecule has 0 atom stereocenters. The average molecular weight is 290 g/mol. The van der Waals surface area contributed by atoms with Crippen molar-refractivity contribution in [2.45, 2.75) is 6.18 Å². The first-order valence-corrected chi connectivity index (χ1v) is 5.24. The fourth-order valence-corrected chi connectivity index (χ4v) is 1.82. The van der Waals surface area contributed by atoms with Crippen LogP contribution in [0.4, 0.5) is 13.2 Å². The third-order valence-corrected chi connectivity index (χ3v) is 2.65. The van der Waals surface area contributed by atoms with Crippen LogP contribution in [0.2, 0.25) is 0 Å². The van der Waals surface area contributed by atoms with E-state index in [0.29, 0.717) is 11.1 Å². The molecule has 0 saturated heterocycles. The number of nitriles is 1. The fourth-order valence-electron chi connectivity index (χ4n) is 1.82. The standard InChI is InChI=1S/C13H8F3NO2.Na/c14-13(15,16)10-1-2-11-8(5-17)3-9(6-19-7-18)12(11)4-10;/h1-4,6,18H,7H2;. The van der Waals surface area contributed by atoms with Crippen LogP contribution in [0, 0.1) is 11.3 Å². The third-order valence-electron chi connectivity index (χ3n) is 2.65. The van der Waals surface area contributed by atoms with Gasteiger partial charge in [0, 0.05) is 40.7 Å². The van der Waals surface area contributed by atoms with E-state index in [1.54, 1.807) is 0 Å². The van der Waals surface area contributed by atoms with Crippen LogP contribution in [0.15, 0.2) is 30.5 Å². The number of benzene rings is 1. The molecule has 0 aliphatic heterocycles. The Hall–Kier alpha value is -1.26. The van der Waals surface area contributed by atoms with Gasteiger partial charge in [0.15, 0.2) is 6.79 Å². The van der Waals surface area contributed by atoms with Crippen molar-refractivity contribution in [3.05, 3.63) is 47.2 Å². The summed E-state index contributed by atoms with van der Waals surface area (Å²) in [6, 6.07) is 5.05. The van der Waals surface area contributed by atoms with Crippen LogP contribution in [-0.4, -0.2) is 41.5 Å². The van der Waals surface area contributed by atoms with Crippen molar-refractivity contribution < 1.29 is 23.0 Å². The molecule has 1 aromatic rings. The molecule has 1 aliphatic carbocycles. The number of fused-ring (bicyclic) bond motifs is 1. The van der Waals surface area contributed by atoms with Crippen molar-refractivity contribution in [2.24, 2.45) is 0 Å². The van der Waals surface area contributed by atoms with Gasteiger partial charge in [-0.25, -0.2) is 0 Å². The van der Waals surface area contributed by atoms with Gasteiger partial charge in [-0.1, -0.05) is 6.07 Å². The predicted molar refractivity (Wildman–Crippen MR) is 66.9 cm³/mol. The molecule has 0 spiro atoms. The van der Waals surface area contributed by atoms with Gasteiger partial charge in [0.2, 0.25) is 0 Å². The molecule has 7 heteroatoms. The van der Waals surface area contributed by atoms with Gasteiger partial charge in [0.25, 0.3) is 0 Å². The first kappa shape index (κ1) is 16.8. The molecule has 0 saturated carbocycles. The van der Waals surface area contributed by atoms with Crippen molar-refractivity contribution in [3.63, 3.8) is 0 Å². The average Bonchev–Trinajstić information content (AvgIpc) is 2.72. The zero-order valence-corrected chi connectivity index (χ0v) is 12.5. The van der Waals surface area contributed by atoms with Crippen LogP contribution in [0.1, 0.15) is 16.7 Å². The molecule has 0 amide bonds. The Morgan fingerprint density at radius 1 is 1.30 bits per heavy atom. The molecule has 2 rings (SSSR count). The summed E-state index contributed by atoms with van der Waals surface area (Å²) in [6.07, 6.45) is -1.91. The van der Waals surface area contributed by atoms with E-state index in [4.69, 9.17) is 10.4 Å². The molecule has 1 N–H and O–H groups in total. The van der Waals surface area contributed by atoms with Crippen LogP contribution in [-0.2, 0) is 10.9 Å². The number of ether oxygens (including phenoxy) is 1. The van der Waals surface area contributed by atoms with Gasteiger partial charge in [0.05, 0.1) is 23.5 Å². The number of rotatable bonds is 2. The first-order valence-electron chi connectivity index (χ1n) is 5.24. The normalized spacial score (nSPS) is 15.2. The molecule has 20 heavy (non-hydrogen) atoms. The maximum atomic E-state index is 12.6. The summed E-state index contributed by atoms with van der Waals surface area (Å²) in [5.74, 6) is 0. The van der Waals surface area contributed by atoms with E-state index in [1.807, 2.05) is 6.07 Å². The van der Waals surface area contributed by atoms with E-state index < -0.39 is 18.5 Å². The maximum Gasteiger partial charge on any atom is 0.416 e. The summed E-state index contributed by atoms with van der Waals surface area (Å²) in [7, 11) is 0. The van der Waals surface area contributed by atoms with Gasteiger partial charge in [-0.05, 0) is 23.8 Å². The summed E-state index contributed by atoms with van der Waals surface area (Å²) >= 11 is 0. The topological polar surface area (TPSA) is 53.2 Å². The molecule has 3 nitrogen and oxygen atoms in total. The summed E-state index contributed by atoms with van der Waals surface area (Å²) in [4.78, 5) is 0. The zero-order chi connectivity index (χ0) is 14.0. The van der Waals surface area contributed by atoms with Crippen molar-refractivity contribution in [2.75, 3.05) is 6.79 Å². The first-order chi connectivity index (χ1) is 8.97. The number of halogens is 3. The van der Waals surface area contributed by atoms with E-state index in [0.717, 1.165) is 18.4 Å². The third kappa shape index (κ3) is 3.25. The van der Waals surface area contributed by atoms with Crippen molar-refractivity contribution in [3.8, 4) is 6.07 Å². The van der Waals surface area contributed by atoms with Crippen LogP contribution >= 0.6 is 0 Å². The Bertz CT molecular complexity index is 615. The molecule has 0 bridgehead atoms. The van der Waals surface area contributed by atoms with Gasteiger partial charge < -0.3 is 9.84 Å². The minimum absolute atomic E-state index is 0. The molecule has 1 aromatic carbocycles. The molecule has 1 aliphatic rings. The van der Waals surface area contributed by atoms with E-state index >= 15 is 0 Å². The largest absolute Gasteiger partial charge is 0.475 e. The second-order valence-electron chi connectivity index (χ2n) is 3.80. The van der Waals surface area contributed by atoms with Gasteiger partial charge in [-0.2, -0.15) is 18.4 Å². The Kier molecular flexibility index (Phi) is 5.42.